The van der Waals surface area contributed by atoms with Gasteiger partial charge in [0.25, 0.3) is 11.8 Å². The fourth-order valence-electron chi connectivity index (χ4n) is 1.87. The number of rotatable bonds is 6. The van der Waals surface area contributed by atoms with E-state index in [9.17, 15) is 14.4 Å². The average molecular weight is 308 g/mol. The van der Waals surface area contributed by atoms with Crippen LogP contribution in [0.25, 0.3) is 0 Å². The van der Waals surface area contributed by atoms with Crippen molar-refractivity contribution in [2.75, 3.05) is 0 Å². The first-order valence-electron chi connectivity index (χ1n) is 7.34. The lowest BCUT2D eigenvalue weighted by Crippen LogP contribution is -2.54. The summed E-state index contributed by atoms with van der Waals surface area (Å²) in [5.74, 6) is -0.970. The molecular formula is C15H24N4O3. The second-order valence-electron chi connectivity index (χ2n) is 5.91. The molecule has 0 aromatic carbocycles. The highest BCUT2D eigenvalue weighted by Crippen LogP contribution is 2.05. The first-order valence-corrected chi connectivity index (χ1v) is 7.34. The lowest BCUT2D eigenvalue weighted by molar-refractivity contribution is -0.130. The van der Waals surface area contributed by atoms with Gasteiger partial charge in [-0.3, -0.25) is 25.2 Å². The van der Waals surface area contributed by atoms with Gasteiger partial charge in [0, 0.05) is 12.6 Å². The van der Waals surface area contributed by atoms with Crippen LogP contribution in [0, 0.1) is 11.8 Å². The van der Waals surface area contributed by atoms with Crippen LogP contribution in [0.1, 0.15) is 44.6 Å². The smallest absolute Gasteiger partial charge is 0.286 e. The molecule has 3 amide bonds. The topological polar surface area (TPSA) is 103 Å². The van der Waals surface area contributed by atoms with Gasteiger partial charge in [-0.2, -0.15) is 0 Å². The zero-order valence-corrected chi connectivity index (χ0v) is 13.4. The fourth-order valence-corrected chi connectivity index (χ4v) is 1.87. The van der Waals surface area contributed by atoms with Gasteiger partial charge in [-0.1, -0.05) is 27.7 Å². The molecule has 0 bridgehead atoms. The normalized spacial score (nSPS) is 12.1. The van der Waals surface area contributed by atoms with Crippen LogP contribution in [-0.2, 0) is 9.59 Å². The predicted octanol–water partition coefficient (Wildman–Crippen LogP) is 0.963. The fraction of sp³-hybridized carbons (Fsp3) is 0.533. The number of hydrazine groups is 1. The first-order chi connectivity index (χ1) is 10.3. The van der Waals surface area contributed by atoms with E-state index in [2.05, 4.69) is 21.2 Å². The molecule has 122 valence electrons. The minimum atomic E-state index is -0.699. The monoisotopic (exact) mass is 308 g/mol. The van der Waals surface area contributed by atoms with E-state index in [1.165, 1.54) is 0 Å². The summed E-state index contributed by atoms with van der Waals surface area (Å²) in [5, 5.41) is 2.70. The molecule has 1 rings (SSSR count). The third-order valence-electron chi connectivity index (χ3n) is 3.00. The second kappa shape index (κ2) is 8.21. The molecular weight excluding hydrogens is 284 g/mol. The van der Waals surface area contributed by atoms with Crippen LogP contribution in [0.15, 0.2) is 18.3 Å². The number of nitrogens with one attached hydrogen (secondary N) is 4. The van der Waals surface area contributed by atoms with Gasteiger partial charge in [-0.25, -0.2) is 0 Å². The SMILES string of the molecule is CC(C)CC(=O)NC(C(=O)NNC(=O)c1ccc[nH]1)C(C)C. The Labute approximate surface area is 130 Å². The molecule has 4 N–H and O–H groups in total. The summed E-state index contributed by atoms with van der Waals surface area (Å²) >= 11 is 0. The number of hydrogen-bond acceptors (Lipinski definition) is 3. The molecule has 0 saturated heterocycles. The van der Waals surface area contributed by atoms with E-state index in [4.69, 9.17) is 0 Å². The summed E-state index contributed by atoms with van der Waals surface area (Å²) in [5.41, 5.74) is 4.99. The van der Waals surface area contributed by atoms with Crippen LogP contribution >= 0.6 is 0 Å². The van der Waals surface area contributed by atoms with Crippen molar-refractivity contribution in [3.63, 3.8) is 0 Å². The number of amides is 3. The maximum absolute atomic E-state index is 12.1. The van der Waals surface area contributed by atoms with E-state index in [1.54, 1.807) is 18.3 Å². The van der Waals surface area contributed by atoms with E-state index in [0.29, 0.717) is 12.1 Å². The number of carbonyl (C=O) groups is 3. The Bertz CT molecular complexity index is 509. The molecule has 0 saturated carbocycles. The molecule has 1 heterocycles. The Morgan fingerprint density at radius 2 is 1.82 bits per heavy atom. The van der Waals surface area contributed by atoms with Crippen LogP contribution in [-0.4, -0.2) is 28.7 Å². The molecule has 22 heavy (non-hydrogen) atoms. The van der Waals surface area contributed by atoms with Crippen molar-refractivity contribution in [2.45, 2.75) is 40.2 Å². The minimum absolute atomic E-state index is 0.0986. The van der Waals surface area contributed by atoms with Gasteiger partial charge in [0.05, 0.1) is 0 Å². The Hall–Kier alpha value is -2.31. The molecule has 1 aromatic rings. The van der Waals surface area contributed by atoms with Gasteiger partial charge < -0.3 is 10.3 Å². The molecule has 0 aliphatic rings. The van der Waals surface area contributed by atoms with Crippen LogP contribution < -0.4 is 16.2 Å². The van der Waals surface area contributed by atoms with Crippen molar-refractivity contribution in [3.05, 3.63) is 24.0 Å². The lowest BCUT2D eigenvalue weighted by atomic mass is 10.0. The van der Waals surface area contributed by atoms with Crippen LogP contribution in [0.5, 0.6) is 0 Å². The summed E-state index contributed by atoms with van der Waals surface area (Å²) in [6, 6.07) is 2.57. The van der Waals surface area contributed by atoms with E-state index in [1.807, 2.05) is 27.7 Å². The molecule has 1 atom stereocenters. The van der Waals surface area contributed by atoms with Gasteiger partial charge >= 0.3 is 0 Å². The summed E-state index contributed by atoms with van der Waals surface area (Å²) < 4.78 is 0. The Kier molecular flexibility index (Phi) is 6.62. The first kappa shape index (κ1) is 17.7. The molecule has 7 heteroatoms. The molecule has 0 aliphatic heterocycles. The van der Waals surface area contributed by atoms with Crippen molar-refractivity contribution >= 4 is 17.7 Å². The minimum Gasteiger partial charge on any atom is -0.357 e. The van der Waals surface area contributed by atoms with E-state index >= 15 is 0 Å². The molecule has 7 nitrogen and oxygen atoms in total. The number of aromatic nitrogens is 1. The van der Waals surface area contributed by atoms with Crippen molar-refractivity contribution in [1.82, 2.24) is 21.2 Å². The van der Waals surface area contributed by atoms with E-state index in [0.717, 1.165) is 0 Å². The summed E-state index contributed by atoms with van der Waals surface area (Å²) in [4.78, 5) is 38.4. The van der Waals surface area contributed by atoms with Crippen molar-refractivity contribution < 1.29 is 14.4 Å². The van der Waals surface area contributed by atoms with Gasteiger partial charge in [0.1, 0.15) is 11.7 Å². The summed E-state index contributed by atoms with van der Waals surface area (Å²) in [7, 11) is 0. The highest BCUT2D eigenvalue weighted by Gasteiger charge is 2.24. The molecule has 0 spiro atoms. The van der Waals surface area contributed by atoms with Gasteiger partial charge in [-0.15, -0.1) is 0 Å². The van der Waals surface area contributed by atoms with Gasteiger partial charge in [0.15, 0.2) is 0 Å². The lowest BCUT2D eigenvalue weighted by Gasteiger charge is -2.22. The zero-order valence-electron chi connectivity index (χ0n) is 13.4. The standard InChI is InChI=1S/C15H24N4O3/c1-9(2)8-12(20)17-13(10(3)4)15(22)19-18-14(21)11-6-5-7-16-11/h5-7,9-10,13,16H,8H2,1-4H3,(H,17,20)(H,18,21)(H,19,22). The average Bonchev–Trinajstić information content (AvgIpc) is 2.94. The Morgan fingerprint density at radius 1 is 1.14 bits per heavy atom. The largest absolute Gasteiger partial charge is 0.357 e. The Balaban J connectivity index is 2.54. The highest BCUT2D eigenvalue weighted by atomic mass is 16.2. The van der Waals surface area contributed by atoms with Gasteiger partial charge in [0.2, 0.25) is 5.91 Å². The summed E-state index contributed by atoms with van der Waals surface area (Å²) in [6.45, 7) is 7.51. The third kappa shape index (κ3) is 5.59. The second-order valence-corrected chi connectivity index (χ2v) is 5.91. The van der Waals surface area contributed by atoms with Crippen molar-refractivity contribution in [1.29, 1.82) is 0 Å². The van der Waals surface area contributed by atoms with Crippen LogP contribution in [0.2, 0.25) is 0 Å². The number of H-pyrrole nitrogens is 1. The van der Waals surface area contributed by atoms with E-state index < -0.39 is 17.9 Å². The summed E-state index contributed by atoms with van der Waals surface area (Å²) in [6.07, 6.45) is 1.96. The predicted molar refractivity (Wildman–Crippen MR) is 82.6 cm³/mol. The number of hydrogen-bond donors (Lipinski definition) is 4. The number of aromatic amines is 1. The molecule has 1 aromatic heterocycles. The molecule has 0 fully saturated rings. The Morgan fingerprint density at radius 3 is 2.32 bits per heavy atom. The highest BCUT2D eigenvalue weighted by molar-refractivity contribution is 5.95. The maximum Gasteiger partial charge on any atom is 0.286 e. The van der Waals surface area contributed by atoms with E-state index in [-0.39, 0.29) is 17.7 Å². The molecule has 0 aliphatic carbocycles. The number of carbonyl (C=O) groups excluding carboxylic acids is 3. The molecule has 0 radical (unpaired) electrons. The zero-order chi connectivity index (χ0) is 16.7. The van der Waals surface area contributed by atoms with Crippen molar-refractivity contribution in [2.24, 2.45) is 11.8 Å². The molecule has 1 unspecified atom stereocenters. The maximum atomic E-state index is 12.1. The van der Waals surface area contributed by atoms with Crippen molar-refractivity contribution in [3.8, 4) is 0 Å². The third-order valence-corrected chi connectivity index (χ3v) is 3.00. The van der Waals surface area contributed by atoms with Crippen LogP contribution in [0.3, 0.4) is 0 Å². The van der Waals surface area contributed by atoms with Crippen LogP contribution in [0.4, 0.5) is 0 Å². The quantitative estimate of drug-likeness (QED) is 0.589. The van der Waals surface area contributed by atoms with Gasteiger partial charge in [-0.05, 0) is 24.0 Å².